The summed E-state index contributed by atoms with van der Waals surface area (Å²) in [5, 5.41) is 6.12. The highest BCUT2D eigenvalue weighted by Crippen LogP contribution is 1.91. The number of unbranched alkanes of at least 4 members (excludes halogenated alkanes) is 1. The third kappa shape index (κ3) is 10.5. The molecule has 0 aromatic rings. The van der Waals surface area contributed by atoms with Gasteiger partial charge in [-0.05, 0) is 53.4 Å². The topological polar surface area (TPSA) is 53.6 Å². The van der Waals surface area contributed by atoms with Crippen molar-refractivity contribution in [2.45, 2.75) is 32.2 Å². The summed E-state index contributed by atoms with van der Waals surface area (Å²) in [6.07, 6.45) is 3.11. The van der Waals surface area contributed by atoms with Gasteiger partial charge >= 0.3 is 0 Å². The van der Waals surface area contributed by atoms with Crippen LogP contribution in [0.5, 0.6) is 0 Å². The summed E-state index contributed by atoms with van der Waals surface area (Å²) in [5.41, 5.74) is 0. The monoisotopic (exact) mass is 259 g/mol. The van der Waals surface area contributed by atoms with Gasteiger partial charge in [0.2, 0.25) is 5.91 Å². The van der Waals surface area contributed by atoms with Crippen LogP contribution in [-0.2, 0) is 9.53 Å². The minimum atomic E-state index is -0.119. The van der Waals surface area contributed by atoms with Gasteiger partial charge in [0.25, 0.3) is 0 Å². The van der Waals surface area contributed by atoms with Gasteiger partial charge in [0.15, 0.2) is 0 Å². The molecule has 0 spiro atoms. The average Bonchev–Trinajstić information content (AvgIpc) is 2.33. The summed E-state index contributed by atoms with van der Waals surface area (Å²) in [6, 6.07) is -0.119. The molecule has 0 aromatic carbocycles. The molecule has 0 saturated heterocycles. The van der Waals surface area contributed by atoms with Crippen LogP contribution in [0.1, 0.15) is 26.2 Å². The first-order valence-corrected chi connectivity index (χ1v) is 6.72. The van der Waals surface area contributed by atoms with E-state index in [1.54, 1.807) is 7.11 Å². The smallest absolute Gasteiger partial charge is 0.236 e. The molecule has 0 bridgehead atoms. The van der Waals surface area contributed by atoms with E-state index in [9.17, 15) is 4.79 Å². The van der Waals surface area contributed by atoms with Crippen LogP contribution in [0.2, 0.25) is 0 Å². The number of nitrogens with zero attached hydrogens (tertiary/aromatic N) is 1. The Balaban J connectivity index is 3.44. The Labute approximate surface area is 111 Å². The molecule has 0 fully saturated rings. The lowest BCUT2D eigenvalue weighted by molar-refractivity contribution is -0.122. The van der Waals surface area contributed by atoms with Crippen LogP contribution in [0.25, 0.3) is 0 Å². The molecule has 18 heavy (non-hydrogen) atoms. The zero-order valence-corrected chi connectivity index (χ0v) is 12.3. The van der Waals surface area contributed by atoms with Crippen molar-refractivity contribution in [3.63, 3.8) is 0 Å². The first kappa shape index (κ1) is 17.4. The minimum Gasteiger partial charge on any atom is -0.385 e. The molecule has 0 aliphatic carbocycles. The fourth-order valence-electron chi connectivity index (χ4n) is 1.55. The standard InChI is InChI=1S/C13H29N3O2/c1-12(13(17)15-9-7-11-18-4)14-8-5-6-10-16(2)3/h12,14H,5-11H2,1-4H3,(H,15,17). The molecular formula is C13H29N3O2. The third-order valence-electron chi connectivity index (χ3n) is 2.70. The molecule has 0 aliphatic heterocycles. The molecule has 1 atom stereocenters. The van der Waals surface area contributed by atoms with E-state index in [0.29, 0.717) is 13.2 Å². The van der Waals surface area contributed by atoms with Crippen molar-refractivity contribution in [3.8, 4) is 0 Å². The predicted molar refractivity (Wildman–Crippen MR) is 74.8 cm³/mol. The molecule has 0 heterocycles. The van der Waals surface area contributed by atoms with Crippen LogP contribution < -0.4 is 10.6 Å². The number of ether oxygens (including phenoxy) is 1. The Morgan fingerprint density at radius 2 is 1.94 bits per heavy atom. The number of methoxy groups -OCH3 is 1. The van der Waals surface area contributed by atoms with Gasteiger partial charge in [-0.2, -0.15) is 0 Å². The SMILES string of the molecule is COCCCNC(=O)C(C)NCCCCN(C)C. The number of carbonyl (C=O) groups is 1. The van der Waals surface area contributed by atoms with E-state index in [-0.39, 0.29) is 11.9 Å². The van der Waals surface area contributed by atoms with Crippen molar-refractivity contribution in [3.05, 3.63) is 0 Å². The fourth-order valence-corrected chi connectivity index (χ4v) is 1.55. The number of rotatable bonds is 11. The maximum atomic E-state index is 11.7. The van der Waals surface area contributed by atoms with E-state index in [1.165, 1.54) is 0 Å². The Kier molecular flexibility index (Phi) is 11.0. The molecule has 1 amide bonds. The van der Waals surface area contributed by atoms with E-state index < -0.39 is 0 Å². The quantitative estimate of drug-likeness (QED) is 0.529. The number of carbonyl (C=O) groups excluding carboxylic acids is 1. The molecule has 2 N–H and O–H groups in total. The lowest BCUT2D eigenvalue weighted by Crippen LogP contribution is -2.43. The molecular weight excluding hydrogens is 230 g/mol. The van der Waals surface area contributed by atoms with Crippen molar-refractivity contribution >= 4 is 5.91 Å². The molecule has 0 radical (unpaired) electrons. The van der Waals surface area contributed by atoms with Gasteiger partial charge in [-0.25, -0.2) is 0 Å². The number of nitrogens with one attached hydrogen (secondary N) is 2. The molecule has 0 rings (SSSR count). The highest BCUT2D eigenvalue weighted by molar-refractivity contribution is 5.81. The maximum absolute atomic E-state index is 11.7. The normalized spacial score (nSPS) is 12.7. The first-order chi connectivity index (χ1) is 8.57. The second-order valence-electron chi connectivity index (χ2n) is 4.82. The summed E-state index contributed by atoms with van der Waals surface area (Å²) in [7, 11) is 5.81. The Bertz CT molecular complexity index is 210. The third-order valence-corrected chi connectivity index (χ3v) is 2.70. The Morgan fingerprint density at radius 1 is 1.22 bits per heavy atom. The van der Waals surface area contributed by atoms with Crippen LogP contribution in [0.4, 0.5) is 0 Å². The van der Waals surface area contributed by atoms with Gasteiger partial charge in [-0.15, -0.1) is 0 Å². The highest BCUT2D eigenvalue weighted by atomic mass is 16.5. The van der Waals surface area contributed by atoms with Crippen molar-refractivity contribution in [2.24, 2.45) is 0 Å². The molecule has 5 heteroatoms. The van der Waals surface area contributed by atoms with Crippen LogP contribution in [0, 0.1) is 0 Å². The molecule has 0 aromatic heterocycles. The summed E-state index contributed by atoms with van der Waals surface area (Å²) < 4.78 is 4.92. The van der Waals surface area contributed by atoms with E-state index >= 15 is 0 Å². The van der Waals surface area contributed by atoms with E-state index in [0.717, 1.165) is 32.4 Å². The molecule has 5 nitrogen and oxygen atoms in total. The van der Waals surface area contributed by atoms with E-state index in [4.69, 9.17) is 4.74 Å². The Morgan fingerprint density at radius 3 is 2.56 bits per heavy atom. The van der Waals surface area contributed by atoms with Crippen LogP contribution in [0.3, 0.4) is 0 Å². The summed E-state index contributed by atoms with van der Waals surface area (Å²) in [4.78, 5) is 13.8. The van der Waals surface area contributed by atoms with Gasteiger partial charge in [0, 0.05) is 20.3 Å². The second kappa shape index (κ2) is 11.4. The first-order valence-electron chi connectivity index (χ1n) is 6.72. The van der Waals surface area contributed by atoms with E-state index in [2.05, 4.69) is 29.6 Å². The molecule has 108 valence electrons. The van der Waals surface area contributed by atoms with Crippen molar-refractivity contribution in [1.82, 2.24) is 15.5 Å². The van der Waals surface area contributed by atoms with Crippen molar-refractivity contribution in [1.29, 1.82) is 0 Å². The summed E-state index contributed by atoms with van der Waals surface area (Å²) in [6.45, 7) is 5.25. The summed E-state index contributed by atoms with van der Waals surface area (Å²) >= 11 is 0. The van der Waals surface area contributed by atoms with E-state index in [1.807, 2.05) is 6.92 Å². The summed E-state index contributed by atoms with van der Waals surface area (Å²) in [5.74, 6) is 0.0683. The molecule has 0 saturated carbocycles. The second-order valence-corrected chi connectivity index (χ2v) is 4.82. The Hall–Kier alpha value is -0.650. The average molecular weight is 259 g/mol. The highest BCUT2D eigenvalue weighted by Gasteiger charge is 2.10. The zero-order chi connectivity index (χ0) is 13.8. The maximum Gasteiger partial charge on any atom is 0.236 e. The van der Waals surface area contributed by atoms with Gasteiger partial charge < -0.3 is 20.3 Å². The van der Waals surface area contributed by atoms with Crippen LogP contribution in [0.15, 0.2) is 0 Å². The molecule has 0 aliphatic rings. The van der Waals surface area contributed by atoms with Crippen LogP contribution >= 0.6 is 0 Å². The van der Waals surface area contributed by atoms with Crippen LogP contribution in [-0.4, -0.2) is 64.3 Å². The van der Waals surface area contributed by atoms with Gasteiger partial charge in [0.05, 0.1) is 6.04 Å². The lowest BCUT2D eigenvalue weighted by atomic mass is 10.2. The lowest BCUT2D eigenvalue weighted by Gasteiger charge is -2.14. The number of hydrogen-bond donors (Lipinski definition) is 2. The van der Waals surface area contributed by atoms with Gasteiger partial charge in [-0.1, -0.05) is 0 Å². The number of hydrogen-bond acceptors (Lipinski definition) is 4. The largest absolute Gasteiger partial charge is 0.385 e. The molecule has 1 unspecified atom stereocenters. The fraction of sp³-hybridized carbons (Fsp3) is 0.923. The predicted octanol–water partition coefficient (Wildman–Crippen LogP) is 0.459. The zero-order valence-electron chi connectivity index (χ0n) is 12.3. The van der Waals surface area contributed by atoms with Crippen molar-refractivity contribution in [2.75, 3.05) is 47.4 Å². The minimum absolute atomic E-state index is 0.0683. The van der Waals surface area contributed by atoms with Crippen molar-refractivity contribution < 1.29 is 9.53 Å². The van der Waals surface area contributed by atoms with Gasteiger partial charge in [0.1, 0.15) is 0 Å². The number of amides is 1. The van der Waals surface area contributed by atoms with Gasteiger partial charge in [-0.3, -0.25) is 4.79 Å².